The lowest BCUT2D eigenvalue weighted by molar-refractivity contribution is -0.124. The van der Waals surface area contributed by atoms with Crippen molar-refractivity contribution in [1.82, 2.24) is 10.3 Å². The molecule has 0 saturated heterocycles. The molecule has 1 amide bonds. The molecule has 5 heteroatoms. The molecule has 36 heavy (non-hydrogen) atoms. The Bertz CT molecular complexity index is 1300. The molecule has 0 radical (unpaired) electrons. The third-order valence-electron chi connectivity index (χ3n) is 6.85. The van der Waals surface area contributed by atoms with Gasteiger partial charge in [0.1, 0.15) is 0 Å². The fourth-order valence-electron chi connectivity index (χ4n) is 4.61. The van der Waals surface area contributed by atoms with Crippen LogP contribution in [-0.2, 0) is 21.4 Å². The normalized spacial score (nSPS) is 15.4. The first-order chi connectivity index (χ1) is 17.2. The van der Waals surface area contributed by atoms with E-state index < -0.39 is 5.97 Å². The Labute approximate surface area is 214 Å². The predicted molar refractivity (Wildman–Crippen MR) is 146 cm³/mol. The van der Waals surface area contributed by atoms with Crippen molar-refractivity contribution in [3.63, 3.8) is 0 Å². The van der Waals surface area contributed by atoms with E-state index in [0.717, 1.165) is 59.0 Å². The maximum absolute atomic E-state index is 13.3. The zero-order valence-electron chi connectivity index (χ0n) is 22.0. The number of para-hydroxylation sites is 1. The van der Waals surface area contributed by atoms with E-state index >= 15 is 0 Å². The van der Waals surface area contributed by atoms with E-state index in [1.54, 1.807) is 0 Å². The Balaban J connectivity index is 1.70. The predicted octanol–water partition coefficient (Wildman–Crippen LogP) is 6.48. The number of pyridine rings is 1. The van der Waals surface area contributed by atoms with Crippen LogP contribution in [0.15, 0.2) is 48.5 Å². The molecule has 0 aliphatic heterocycles. The van der Waals surface area contributed by atoms with Crippen molar-refractivity contribution in [2.24, 2.45) is 0 Å². The average Bonchev–Trinajstić information content (AvgIpc) is 2.86. The van der Waals surface area contributed by atoms with Crippen LogP contribution in [0.5, 0.6) is 0 Å². The number of hydrogen-bond donors (Lipinski definition) is 1. The van der Waals surface area contributed by atoms with E-state index in [1.807, 2.05) is 38.1 Å². The van der Waals surface area contributed by atoms with Crippen molar-refractivity contribution in [3.05, 3.63) is 76.5 Å². The summed E-state index contributed by atoms with van der Waals surface area (Å²) in [5, 5.41) is 3.61. The molecular formula is C31H36N2O3. The second-order valence-electron chi connectivity index (χ2n) is 10.7. The smallest absolute Gasteiger partial charge is 0.339 e. The molecule has 3 aromatic rings. The Hall–Kier alpha value is -3.47. The number of aromatic nitrogens is 1. The van der Waals surface area contributed by atoms with Gasteiger partial charge in [0.05, 0.1) is 16.8 Å². The highest BCUT2D eigenvalue weighted by Gasteiger charge is 2.26. The molecule has 0 fully saturated rings. The number of allylic oxidation sites excluding steroid dienone is 1. The highest BCUT2D eigenvalue weighted by atomic mass is 16.5. The lowest BCUT2D eigenvalue weighted by atomic mass is 9.85. The quantitative estimate of drug-likeness (QED) is 0.407. The van der Waals surface area contributed by atoms with Crippen molar-refractivity contribution in [2.45, 2.75) is 71.8 Å². The summed E-state index contributed by atoms with van der Waals surface area (Å²) in [4.78, 5) is 30.6. The standard InChI is InChI=1S/C31H36N2O3/c1-6-20(2)32-27(34)19-36-30(35)28-24-11-7-8-13-26(24)33-29-22(10-9-12-25(28)29)18-21-14-16-23(17-15-21)31(3,4)5/h7-8,11,13-18,20H,6,9-10,12,19H2,1-5H3,(H,32,34). The second kappa shape index (κ2) is 10.7. The minimum absolute atomic E-state index is 0.0378. The maximum Gasteiger partial charge on any atom is 0.339 e. The zero-order chi connectivity index (χ0) is 25.9. The highest BCUT2D eigenvalue weighted by Crippen LogP contribution is 2.36. The van der Waals surface area contributed by atoms with Crippen LogP contribution >= 0.6 is 0 Å². The highest BCUT2D eigenvalue weighted by molar-refractivity contribution is 6.07. The van der Waals surface area contributed by atoms with Crippen LogP contribution in [0.25, 0.3) is 22.6 Å². The molecule has 0 bridgehead atoms. The molecule has 1 aliphatic carbocycles. The number of carbonyl (C=O) groups excluding carboxylic acids is 2. The van der Waals surface area contributed by atoms with E-state index in [0.29, 0.717) is 5.56 Å². The number of benzene rings is 2. The Morgan fingerprint density at radius 3 is 2.50 bits per heavy atom. The fourth-order valence-corrected chi connectivity index (χ4v) is 4.61. The first-order valence-electron chi connectivity index (χ1n) is 12.9. The Morgan fingerprint density at radius 2 is 1.81 bits per heavy atom. The van der Waals surface area contributed by atoms with Crippen molar-refractivity contribution in [2.75, 3.05) is 6.61 Å². The summed E-state index contributed by atoms with van der Waals surface area (Å²) in [6, 6.07) is 16.3. The van der Waals surface area contributed by atoms with Gasteiger partial charge in [-0.25, -0.2) is 9.78 Å². The molecule has 1 atom stereocenters. The average molecular weight is 485 g/mol. The molecule has 1 aliphatic rings. The van der Waals surface area contributed by atoms with Gasteiger partial charge in [-0.3, -0.25) is 4.79 Å². The fraction of sp³-hybridized carbons (Fsp3) is 0.387. The van der Waals surface area contributed by atoms with Crippen molar-refractivity contribution < 1.29 is 14.3 Å². The molecule has 5 nitrogen and oxygen atoms in total. The maximum atomic E-state index is 13.3. The van der Waals surface area contributed by atoms with Gasteiger partial charge >= 0.3 is 5.97 Å². The summed E-state index contributed by atoms with van der Waals surface area (Å²) >= 11 is 0. The van der Waals surface area contributed by atoms with Gasteiger partial charge in [0.15, 0.2) is 6.61 Å². The number of nitrogens with zero attached hydrogens (tertiary/aromatic N) is 1. The summed E-state index contributed by atoms with van der Waals surface area (Å²) < 4.78 is 5.51. The van der Waals surface area contributed by atoms with Gasteiger partial charge in [-0.1, -0.05) is 70.2 Å². The SMILES string of the molecule is CCC(C)NC(=O)COC(=O)c1c2c(nc3ccccc13)C(=Cc1ccc(C(C)(C)C)cc1)CCC2. The first-order valence-corrected chi connectivity index (χ1v) is 12.9. The van der Waals surface area contributed by atoms with Crippen molar-refractivity contribution >= 4 is 34.4 Å². The Kier molecular flexibility index (Phi) is 7.58. The summed E-state index contributed by atoms with van der Waals surface area (Å²) in [5.41, 5.74) is 6.68. The van der Waals surface area contributed by atoms with E-state index in [4.69, 9.17) is 9.72 Å². The Morgan fingerprint density at radius 1 is 1.08 bits per heavy atom. The number of ether oxygens (including phenoxy) is 1. The van der Waals surface area contributed by atoms with Crippen LogP contribution in [0.2, 0.25) is 0 Å². The molecule has 1 aromatic heterocycles. The van der Waals surface area contributed by atoms with Crippen LogP contribution in [0.4, 0.5) is 0 Å². The monoisotopic (exact) mass is 484 g/mol. The second-order valence-corrected chi connectivity index (χ2v) is 10.7. The van der Waals surface area contributed by atoms with Crippen LogP contribution in [-0.4, -0.2) is 29.5 Å². The summed E-state index contributed by atoms with van der Waals surface area (Å²) in [6.45, 7) is 10.3. The van der Waals surface area contributed by atoms with E-state index in [1.165, 1.54) is 5.56 Å². The lowest BCUT2D eigenvalue weighted by Gasteiger charge is -2.23. The van der Waals surface area contributed by atoms with Gasteiger partial charge in [0.25, 0.3) is 5.91 Å². The molecule has 0 saturated carbocycles. The van der Waals surface area contributed by atoms with Gasteiger partial charge in [-0.05, 0) is 72.4 Å². The summed E-state index contributed by atoms with van der Waals surface area (Å²) in [7, 11) is 0. The molecular weight excluding hydrogens is 448 g/mol. The van der Waals surface area contributed by atoms with Crippen LogP contribution in [0, 0.1) is 0 Å². The van der Waals surface area contributed by atoms with Gasteiger partial charge in [-0.2, -0.15) is 0 Å². The third-order valence-corrected chi connectivity index (χ3v) is 6.85. The number of nitrogens with one attached hydrogen (secondary N) is 1. The number of fused-ring (bicyclic) bond motifs is 2. The zero-order valence-corrected chi connectivity index (χ0v) is 22.0. The van der Waals surface area contributed by atoms with Crippen LogP contribution in [0.3, 0.4) is 0 Å². The minimum atomic E-state index is -0.472. The lowest BCUT2D eigenvalue weighted by Crippen LogP contribution is -2.35. The third kappa shape index (κ3) is 5.67. The van der Waals surface area contributed by atoms with Gasteiger partial charge < -0.3 is 10.1 Å². The van der Waals surface area contributed by atoms with E-state index in [-0.39, 0.29) is 24.0 Å². The minimum Gasteiger partial charge on any atom is -0.452 e. The number of rotatable bonds is 6. The molecule has 1 N–H and O–H groups in total. The number of esters is 1. The van der Waals surface area contributed by atoms with Crippen LogP contribution in [0.1, 0.15) is 86.6 Å². The van der Waals surface area contributed by atoms with Crippen molar-refractivity contribution in [3.8, 4) is 0 Å². The summed E-state index contributed by atoms with van der Waals surface area (Å²) in [5.74, 6) is -0.760. The first kappa shape index (κ1) is 25.6. The number of amides is 1. The molecule has 0 spiro atoms. The van der Waals surface area contributed by atoms with E-state index in [9.17, 15) is 9.59 Å². The molecule has 4 rings (SSSR count). The molecule has 188 valence electrons. The number of carbonyl (C=O) groups is 2. The van der Waals surface area contributed by atoms with Gasteiger partial charge in [0.2, 0.25) is 0 Å². The molecule has 1 unspecified atom stereocenters. The topological polar surface area (TPSA) is 68.3 Å². The van der Waals surface area contributed by atoms with Gasteiger partial charge in [0, 0.05) is 11.4 Å². The summed E-state index contributed by atoms with van der Waals surface area (Å²) in [6.07, 6.45) is 5.56. The molecule has 2 aromatic carbocycles. The number of hydrogen-bond acceptors (Lipinski definition) is 4. The van der Waals surface area contributed by atoms with Crippen LogP contribution < -0.4 is 5.32 Å². The van der Waals surface area contributed by atoms with Crippen molar-refractivity contribution in [1.29, 1.82) is 0 Å². The van der Waals surface area contributed by atoms with Gasteiger partial charge in [-0.15, -0.1) is 0 Å². The molecule has 1 heterocycles. The largest absolute Gasteiger partial charge is 0.452 e. The van der Waals surface area contributed by atoms with E-state index in [2.05, 4.69) is 56.4 Å².